The van der Waals surface area contributed by atoms with Crippen molar-refractivity contribution >= 4 is 11.9 Å². The Morgan fingerprint density at radius 1 is 0.324 bits per heavy atom. The van der Waals surface area contributed by atoms with Crippen molar-refractivity contribution in [1.29, 1.82) is 0 Å². The fourth-order valence-corrected chi connectivity index (χ4v) is 11.2. The van der Waals surface area contributed by atoms with Crippen LogP contribution in [0.5, 0.6) is 0 Å². The van der Waals surface area contributed by atoms with E-state index in [-0.39, 0.29) is 18.5 Å². The summed E-state index contributed by atoms with van der Waals surface area (Å²) in [5.74, 6) is -0.0208. The Bertz CT molecular complexity index is 1070. The van der Waals surface area contributed by atoms with Crippen molar-refractivity contribution in [3.63, 3.8) is 0 Å². The predicted octanol–water partition coefficient (Wildman–Crippen LogP) is 21.8. The van der Waals surface area contributed by atoms with Crippen molar-refractivity contribution < 1.29 is 24.5 Å². The molecule has 0 heterocycles. The maximum Gasteiger partial charge on any atom is 0.305 e. The molecule has 0 saturated heterocycles. The van der Waals surface area contributed by atoms with Gasteiger partial charge in [0.15, 0.2) is 0 Å². The Kier molecular flexibility index (Phi) is 63.4. The average molecular weight is 1050 g/mol. The van der Waals surface area contributed by atoms with Gasteiger partial charge >= 0.3 is 5.97 Å². The summed E-state index contributed by atoms with van der Waals surface area (Å²) < 4.78 is 5.50. The van der Waals surface area contributed by atoms with Crippen LogP contribution >= 0.6 is 0 Å². The molecule has 0 aliphatic rings. The molecular formula is C68H135NO5. The van der Waals surface area contributed by atoms with E-state index in [2.05, 4.69) is 19.2 Å². The van der Waals surface area contributed by atoms with Gasteiger partial charge in [0.2, 0.25) is 5.91 Å². The van der Waals surface area contributed by atoms with Gasteiger partial charge in [0.1, 0.15) is 0 Å². The van der Waals surface area contributed by atoms with Crippen LogP contribution in [0.15, 0.2) is 0 Å². The van der Waals surface area contributed by atoms with E-state index in [1.54, 1.807) is 0 Å². The first kappa shape index (κ1) is 72.9. The van der Waals surface area contributed by atoms with Gasteiger partial charge in [-0.3, -0.25) is 9.59 Å². The van der Waals surface area contributed by atoms with Gasteiger partial charge in [-0.15, -0.1) is 0 Å². The summed E-state index contributed by atoms with van der Waals surface area (Å²) in [7, 11) is 0. The van der Waals surface area contributed by atoms with Gasteiger partial charge in [0.05, 0.1) is 25.4 Å². The van der Waals surface area contributed by atoms with Gasteiger partial charge in [0.25, 0.3) is 0 Å². The molecule has 0 bridgehead atoms. The van der Waals surface area contributed by atoms with Crippen LogP contribution in [-0.4, -0.2) is 47.4 Å². The fourth-order valence-electron chi connectivity index (χ4n) is 11.2. The quantitative estimate of drug-likeness (QED) is 0.0417. The minimum absolute atomic E-state index is 0.0125. The third-order valence-corrected chi connectivity index (χ3v) is 16.4. The number of esters is 1. The third kappa shape index (κ3) is 60.1. The number of hydrogen-bond donors (Lipinski definition) is 3. The standard InChI is InChI=1S/C68H135NO5/c1-3-5-7-9-11-13-15-17-19-21-22-23-24-25-26-29-32-36-40-44-48-52-56-60-66(71)65(64-70)69-67(72)61-57-53-49-45-41-37-33-30-27-28-31-35-39-43-47-51-55-59-63-74-68(73)62-58-54-50-46-42-38-34-20-18-16-14-12-10-8-6-4-2/h65-66,70-71H,3-64H2,1-2H3,(H,69,72). The Hall–Kier alpha value is -1.14. The molecule has 0 rings (SSSR count). The third-order valence-electron chi connectivity index (χ3n) is 16.4. The molecule has 3 N–H and O–H groups in total. The Morgan fingerprint density at radius 2 is 0.554 bits per heavy atom. The normalized spacial score (nSPS) is 12.4. The number of aliphatic hydroxyl groups is 2. The Morgan fingerprint density at radius 3 is 0.824 bits per heavy atom. The van der Waals surface area contributed by atoms with Crippen LogP contribution in [0.25, 0.3) is 0 Å². The summed E-state index contributed by atoms with van der Waals surface area (Å²) in [5.41, 5.74) is 0. The summed E-state index contributed by atoms with van der Waals surface area (Å²) in [6.45, 7) is 5.00. The smallest absolute Gasteiger partial charge is 0.305 e. The number of carbonyl (C=O) groups is 2. The molecular weight excluding hydrogens is 911 g/mol. The maximum atomic E-state index is 12.5. The highest BCUT2D eigenvalue weighted by molar-refractivity contribution is 5.76. The van der Waals surface area contributed by atoms with Gasteiger partial charge in [-0.25, -0.2) is 0 Å². The first-order valence-electron chi connectivity index (χ1n) is 34.3. The summed E-state index contributed by atoms with van der Waals surface area (Å²) in [6, 6.07) is -0.545. The average Bonchev–Trinajstić information content (AvgIpc) is 3.40. The van der Waals surface area contributed by atoms with Crippen molar-refractivity contribution in [2.75, 3.05) is 13.2 Å². The highest BCUT2D eigenvalue weighted by Crippen LogP contribution is 2.19. The monoisotopic (exact) mass is 1050 g/mol. The molecule has 0 aromatic rings. The van der Waals surface area contributed by atoms with E-state index in [0.717, 1.165) is 38.5 Å². The lowest BCUT2D eigenvalue weighted by molar-refractivity contribution is -0.143. The van der Waals surface area contributed by atoms with Crippen molar-refractivity contribution in [2.45, 2.75) is 411 Å². The molecule has 0 radical (unpaired) electrons. The molecule has 0 aromatic carbocycles. The second-order valence-electron chi connectivity index (χ2n) is 23.9. The van der Waals surface area contributed by atoms with E-state index in [4.69, 9.17) is 4.74 Å². The van der Waals surface area contributed by atoms with Gasteiger partial charge in [0, 0.05) is 12.8 Å². The molecule has 2 unspecified atom stereocenters. The molecule has 0 aliphatic heterocycles. The molecule has 1 amide bonds. The Balaban J connectivity index is 3.38. The van der Waals surface area contributed by atoms with Crippen LogP contribution in [0, 0.1) is 0 Å². The molecule has 6 nitrogen and oxygen atoms in total. The van der Waals surface area contributed by atoms with Gasteiger partial charge in [-0.05, 0) is 25.7 Å². The van der Waals surface area contributed by atoms with Crippen LogP contribution in [0.3, 0.4) is 0 Å². The van der Waals surface area contributed by atoms with E-state index in [9.17, 15) is 19.8 Å². The molecule has 74 heavy (non-hydrogen) atoms. The van der Waals surface area contributed by atoms with Crippen molar-refractivity contribution in [3.8, 4) is 0 Å². The molecule has 0 spiro atoms. The molecule has 2 atom stereocenters. The zero-order chi connectivity index (χ0) is 53.6. The number of ether oxygens (including phenoxy) is 1. The van der Waals surface area contributed by atoms with E-state index < -0.39 is 12.1 Å². The van der Waals surface area contributed by atoms with Gasteiger partial charge in [-0.2, -0.15) is 0 Å². The number of carbonyl (C=O) groups excluding carboxylic acids is 2. The molecule has 442 valence electrons. The predicted molar refractivity (Wildman–Crippen MR) is 324 cm³/mol. The second kappa shape index (κ2) is 64.4. The number of unbranched alkanes of at least 4 members (excludes halogenated alkanes) is 54. The zero-order valence-electron chi connectivity index (χ0n) is 50.6. The number of rotatable bonds is 65. The molecule has 0 aliphatic carbocycles. The van der Waals surface area contributed by atoms with Gasteiger partial charge < -0.3 is 20.3 Å². The van der Waals surface area contributed by atoms with Crippen LogP contribution in [0.2, 0.25) is 0 Å². The fraction of sp³-hybridized carbons (Fsp3) is 0.971. The minimum Gasteiger partial charge on any atom is -0.466 e. The van der Waals surface area contributed by atoms with Crippen molar-refractivity contribution in [1.82, 2.24) is 5.32 Å². The van der Waals surface area contributed by atoms with E-state index >= 15 is 0 Å². The largest absolute Gasteiger partial charge is 0.466 e. The highest BCUT2D eigenvalue weighted by atomic mass is 16.5. The number of nitrogens with one attached hydrogen (secondary N) is 1. The summed E-state index contributed by atoms with van der Waals surface area (Å²) >= 11 is 0. The van der Waals surface area contributed by atoms with Gasteiger partial charge in [-0.1, -0.05) is 361 Å². The zero-order valence-corrected chi connectivity index (χ0v) is 50.6. The number of aliphatic hydroxyl groups excluding tert-OH is 2. The number of hydrogen-bond acceptors (Lipinski definition) is 5. The molecule has 0 saturated carbocycles. The maximum absolute atomic E-state index is 12.5. The van der Waals surface area contributed by atoms with Crippen molar-refractivity contribution in [3.05, 3.63) is 0 Å². The first-order chi connectivity index (χ1) is 36.5. The molecule has 0 aromatic heterocycles. The molecule has 6 heteroatoms. The van der Waals surface area contributed by atoms with E-state index in [0.29, 0.717) is 25.9 Å². The van der Waals surface area contributed by atoms with Crippen molar-refractivity contribution in [2.24, 2.45) is 0 Å². The van der Waals surface area contributed by atoms with Crippen LogP contribution in [0.1, 0.15) is 399 Å². The SMILES string of the molecule is CCCCCCCCCCCCCCCCCCCCCCCCCC(O)C(CO)NC(=O)CCCCCCCCCCCCCCCCCCCCOC(=O)CCCCCCCCCCCCCCCCCC. The number of amides is 1. The highest BCUT2D eigenvalue weighted by Gasteiger charge is 2.20. The summed E-state index contributed by atoms with van der Waals surface area (Å²) in [5, 5.41) is 23.4. The Labute approximate surface area is 464 Å². The summed E-state index contributed by atoms with van der Waals surface area (Å²) in [4.78, 5) is 24.6. The first-order valence-corrected chi connectivity index (χ1v) is 34.3. The lowest BCUT2D eigenvalue weighted by Gasteiger charge is -2.22. The lowest BCUT2D eigenvalue weighted by Crippen LogP contribution is -2.45. The van der Waals surface area contributed by atoms with E-state index in [1.807, 2.05) is 0 Å². The van der Waals surface area contributed by atoms with Crippen LogP contribution < -0.4 is 5.32 Å². The van der Waals surface area contributed by atoms with Crippen LogP contribution in [0.4, 0.5) is 0 Å². The summed E-state index contributed by atoms with van der Waals surface area (Å²) in [6.07, 6.45) is 77.0. The topological polar surface area (TPSA) is 95.9 Å². The van der Waals surface area contributed by atoms with Crippen LogP contribution in [-0.2, 0) is 14.3 Å². The van der Waals surface area contributed by atoms with E-state index in [1.165, 1.54) is 327 Å². The molecule has 0 fully saturated rings. The minimum atomic E-state index is -0.667. The lowest BCUT2D eigenvalue weighted by atomic mass is 10.0. The second-order valence-corrected chi connectivity index (χ2v) is 23.9.